The van der Waals surface area contributed by atoms with E-state index in [1.54, 1.807) is 0 Å². The molecule has 0 aliphatic carbocycles. The number of piperazine rings is 1. The van der Waals surface area contributed by atoms with Gasteiger partial charge in [-0.3, -0.25) is 9.69 Å². The fraction of sp³-hybridized carbons (Fsp3) is 0.625. The summed E-state index contributed by atoms with van der Waals surface area (Å²) in [5.41, 5.74) is 6.74. The third-order valence-electron chi connectivity index (χ3n) is 6.16. The number of carbonyl (C=O) groups is 3. The molecule has 9 heteroatoms. The maximum Gasteiger partial charge on any atom is 0.327 e. The van der Waals surface area contributed by atoms with Crippen LogP contribution in [0.3, 0.4) is 0 Å². The average Bonchev–Trinajstić information content (AvgIpc) is 2.95. The SMILES string of the molecule is CC(C)(C)CC(C)(C)c1ccc(OC[C@@H](O)CN2C(=O)[C@H]3CN(C(N)=O)CCN3C2=O)cc1. The Labute approximate surface area is 195 Å². The van der Waals surface area contributed by atoms with Crippen LogP contribution >= 0.6 is 0 Å². The maximum absolute atomic E-state index is 12.7. The first-order valence-electron chi connectivity index (χ1n) is 11.4. The molecule has 0 spiro atoms. The van der Waals surface area contributed by atoms with E-state index in [1.165, 1.54) is 15.4 Å². The number of carbonyl (C=O) groups excluding carboxylic acids is 3. The highest BCUT2D eigenvalue weighted by Gasteiger charge is 2.48. The van der Waals surface area contributed by atoms with E-state index in [2.05, 4.69) is 34.6 Å². The number of nitrogens with zero attached hydrogens (tertiary/aromatic N) is 3. The largest absolute Gasteiger partial charge is 0.491 e. The van der Waals surface area contributed by atoms with Crippen LogP contribution in [0, 0.1) is 5.41 Å². The quantitative estimate of drug-likeness (QED) is 0.605. The fourth-order valence-electron chi connectivity index (χ4n) is 4.91. The Balaban J connectivity index is 1.54. The van der Waals surface area contributed by atoms with Crippen molar-refractivity contribution >= 4 is 18.0 Å². The van der Waals surface area contributed by atoms with Crippen LogP contribution in [0.15, 0.2) is 24.3 Å². The Kier molecular flexibility index (Phi) is 6.93. The van der Waals surface area contributed by atoms with Crippen molar-refractivity contribution in [2.75, 3.05) is 32.8 Å². The van der Waals surface area contributed by atoms with Crippen LogP contribution < -0.4 is 10.5 Å². The standard InChI is InChI=1S/C24H36N4O5/c1-23(2,3)15-24(4,5)16-6-8-18(9-7-16)33-14-17(29)12-28-20(30)19-13-26(21(25)31)10-11-27(19)22(28)32/h6-9,17,19,29H,10-15H2,1-5H3,(H2,25,31)/t17-,19+/m0/s1. The van der Waals surface area contributed by atoms with Gasteiger partial charge in [-0.25, -0.2) is 9.59 Å². The molecule has 2 aliphatic heterocycles. The van der Waals surface area contributed by atoms with Crippen LogP contribution in [0.25, 0.3) is 0 Å². The van der Waals surface area contributed by atoms with E-state index in [-0.39, 0.29) is 43.6 Å². The number of imide groups is 1. The first kappa shape index (κ1) is 24.8. The number of hydrogen-bond donors (Lipinski definition) is 2. The van der Waals surface area contributed by atoms with Crippen LogP contribution in [0.1, 0.15) is 46.6 Å². The van der Waals surface area contributed by atoms with Crippen LogP contribution in [0.2, 0.25) is 0 Å². The predicted octanol–water partition coefficient (Wildman–Crippen LogP) is 2.17. The van der Waals surface area contributed by atoms with Gasteiger partial charge in [-0.2, -0.15) is 0 Å². The summed E-state index contributed by atoms with van der Waals surface area (Å²) in [6, 6.07) is 5.98. The van der Waals surface area contributed by atoms with Crippen molar-refractivity contribution in [1.82, 2.24) is 14.7 Å². The second kappa shape index (κ2) is 9.21. The lowest BCUT2D eigenvalue weighted by Crippen LogP contribution is -2.55. The molecular weight excluding hydrogens is 424 g/mol. The molecule has 2 saturated heterocycles. The summed E-state index contributed by atoms with van der Waals surface area (Å²) in [7, 11) is 0. The average molecular weight is 461 g/mol. The van der Waals surface area contributed by atoms with E-state index in [0.717, 1.165) is 11.3 Å². The van der Waals surface area contributed by atoms with E-state index in [0.29, 0.717) is 5.75 Å². The molecular formula is C24H36N4O5. The number of urea groups is 2. The molecule has 3 N–H and O–H groups in total. The Morgan fingerprint density at radius 3 is 2.36 bits per heavy atom. The Morgan fingerprint density at radius 1 is 1.15 bits per heavy atom. The minimum Gasteiger partial charge on any atom is -0.491 e. The number of benzene rings is 1. The summed E-state index contributed by atoms with van der Waals surface area (Å²) in [6.45, 7) is 11.5. The van der Waals surface area contributed by atoms with Crippen molar-refractivity contribution in [1.29, 1.82) is 0 Å². The Morgan fingerprint density at radius 2 is 1.79 bits per heavy atom. The Hall–Kier alpha value is -2.81. The van der Waals surface area contributed by atoms with Crippen molar-refractivity contribution in [3.63, 3.8) is 0 Å². The number of ether oxygens (including phenoxy) is 1. The third kappa shape index (κ3) is 5.76. The summed E-state index contributed by atoms with van der Waals surface area (Å²) in [6.07, 6.45) is -0.00467. The highest BCUT2D eigenvalue weighted by atomic mass is 16.5. The van der Waals surface area contributed by atoms with Crippen LogP contribution in [0.5, 0.6) is 5.75 Å². The molecule has 2 atom stereocenters. The van der Waals surface area contributed by atoms with Gasteiger partial charge >= 0.3 is 12.1 Å². The van der Waals surface area contributed by atoms with Crippen molar-refractivity contribution in [2.45, 2.75) is 58.6 Å². The van der Waals surface area contributed by atoms with Crippen LogP contribution in [-0.4, -0.2) is 82.7 Å². The predicted molar refractivity (Wildman–Crippen MR) is 124 cm³/mol. The molecule has 33 heavy (non-hydrogen) atoms. The summed E-state index contributed by atoms with van der Waals surface area (Å²) in [5, 5.41) is 10.4. The minimum atomic E-state index is -1.04. The number of hydrogen-bond acceptors (Lipinski definition) is 5. The molecule has 0 aromatic heterocycles. The highest BCUT2D eigenvalue weighted by molar-refractivity contribution is 6.04. The zero-order chi connectivity index (χ0) is 24.6. The van der Waals surface area contributed by atoms with Gasteiger partial charge in [0.25, 0.3) is 5.91 Å². The van der Waals surface area contributed by atoms with Crippen LogP contribution in [0.4, 0.5) is 9.59 Å². The minimum absolute atomic E-state index is 0.0168. The molecule has 9 nitrogen and oxygen atoms in total. The summed E-state index contributed by atoms with van der Waals surface area (Å²) < 4.78 is 5.70. The zero-order valence-corrected chi connectivity index (χ0v) is 20.2. The number of fused-ring (bicyclic) bond motifs is 1. The molecule has 2 fully saturated rings. The lowest BCUT2D eigenvalue weighted by atomic mass is 9.72. The first-order chi connectivity index (χ1) is 15.3. The topological polar surface area (TPSA) is 116 Å². The molecule has 5 amide bonds. The van der Waals surface area contributed by atoms with Crippen molar-refractivity contribution < 1.29 is 24.2 Å². The number of amides is 5. The highest BCUT2D eigenvalue weighted by Crippen LogP contribution is 2.36. The van der Waals surface area contributed by atoms with Gasteiger partial charge in [0.1, 0.15) is 24.5 Å². The second-order valence-corrected chi connectivity index (χ2v) is 10.8. The van der Waals surface area contributed by atoms with E-state index < -0.39 is 30.1 Å². The number of β-amino-alcohol motifs (C(OH)–C–C–N with tert-alkyl or cyclic N) is 1. The zero-order valence-electron chi connectivity index (χ0n) is 20.2. The molecule has 0 radical (unpaired) electrons. The molecule has 182 valence electrons. The summed E-state index contributed by atoms with van der Waals surface area (Å²) in [5.74, 6) is 0.174. The van der Waals surface area contributed by atoms with Gasteiger partial charge in [0.15, 0.2) is 0 Å². The summed E-state index contributed by atoms with van der Waals surface area (Å²) in [4.78, 5) is 40.5. The first-order valence-corrected chi connectivity index (χ1v) is 11.4. The maximum atomic E-state index is 12.7. The lowest BCUT2D eigenvalue weighted by Gasteiger charge is -2.34. The molecule has 3 rings (SSSR count). The molecule has 2 heterocycles. The molecule has 0 saturated carbocycles. The van der Waals surface area contributed by atoms with E-state index >= 15 is 0 Å². The van der Waals surface area contributed by atoms with E-state index in [9.17, 15) is 19.5 Å². The molecule has 1 aromatic rings. The smallest absolute Gasteiger partial charge is 0.327 e. The second-order valence-electron chi connectivity index (χ2n) is 10.8. The van der Waals surface area contributed by atoms with Gasteiger partial charge < -0.3 is 25.4 Å². The number of aliphatic hydroxyl groups excluding tert-OH is 1. The van der Waals surface area contributed by atoms with Gasteiger partial charge in [-0.05, 0) is 34.9 Å². The third-order valence-corrected chi connectivity index (χ3v) is 6.16. The van der Waals surface area contributed by atoms with Gasteiger partial charge in [0, 0.05) is 13.1 Å². The lowest BCUT2D eigenvalue weighted by molar-refractivity contribution is -0.130. The van der Waals surface area contributed by atoms with Crippen molar-refractivity contribution in [2.24, 2.45) is 11.1 Å². The fourth-order valence-corrected chi connectivity index (χ4v) is 4.91. The van der Waals surface area contributed by atoms with Gasteiger partial charge in [-0.1, -0.05) is 46.8 Å². The normalized spacial score (nSPS) is 20.2. The summed E-state index contributed by atoms with van der Waals surface area (Å²) >= 11 is 0. The van der Waals surface area contributed by atoms with E-state index in [1.807, 2.05) is 24.3 Å². The molecule has 1 aromatic carbocycles. The Bertz CT molecular complexity index is 893. The number of primary amides is 1. The van der Waals surface area contributed by atoms with Gasteiger partial charge in [0.2, 0.25) is 0 Å². The van der Waals surface area contributed by atoms with Gasteiger partial charge in [0.05, 0.1) is 13.1 Å². The van der Waals surface area contributed by atoms with Crippen LogP contribution in [-0.2, 0) is 10.2 Å². The van der Waals surface area contributed by atoms with Crippen molar-refractivity contribution in [3.8, 4) is 5.75 Å². The molecule has 0 bridgehead atoms. The number of aliphatic hydroxyl groups is 1. The molecule has 2 aliphatic rings. The van der Waals surface area contributed by atoms with E-state index in [4.69, 9.17) is 10.5 Å². The van der Waals surface area contributed by atoms with Gasteiger partial charge in [-0.15, -0.1) is 0 Å². The molecule has 0 unspecified atom stereocenters. The monoisotopic (exact) mass is 460 g/mol. The number of rotatable bonds is 7. The van der Waals surface area contributed by atoms with Crippen molar-refractivity contribution in [3.05, 3.63) is 29.8 Å². The number of nitrogens with two attached hydrogens (primary N) is 1.